The van der Waals surface area contributed by atoms with E-state index in [1.807, 2.05) is 4.57 Å². The highest BCUT2D eigenvalue weighted by molar-refractivity contribution is 7.71. The van der Waals surface area contributed by atoms with Gasteiger partial charge in [0.25, 0.3) is 0 Å². The topological polar surface area (TPSA) is 52.1 Å². The third kappa shape index (κ3) is 2.59. The molecule has 1 N–H and O–H groups in total. The highest BCUT2D eigenvalue weighted by Crippen LogP contribution is 2.37. The van der Waals surface area contributed by atoms with Gasteiger partial charge in [-0.15, -0.1) is 0 Å². The molecule has 0 unspecified atom stereocenters. The van der Waals surface area contributed by atoms with E-state index < -0.39 is 0 Å². The summed E-state index contributed by atoms with van der Waals surface area (Å²) >= 11 is 5.21. The molecule has 0 spiro atoms. The maximum absolute atomic E-state index is 5.61. The maximum atomic E-state index is 5.61. The van der Waals surface area contributed by atoms with E-state index in [9.17, 15) is 0 Å². The van der Waals surface area contributed by atoms with E-state index in [4.69, 9.17) is 21.7 Å². The summed E-state index contributed by atoms with van der Waals surface area (Å²) in [5, 5.41) is 7.14. The highest BCUT2D eigenvalue weighted by atomic mass is 32.1. The van der Waals surface area contributed by atoms with Gasteiger partial charge < -0.3 is 14.0 Å². The number of nitrogens with zero attached hydrogens (tertiary/aromatic N) is 2. The second kappa shape index (κ2) is 5.29. The van der Waals surface area contributed by atoms with Gasteiger partial charge in [-0.2, -0.15) is 5.10 Å². The van der Waals surface area contributed by atoms with Crippen LogP contribution in [0.3, 0.4) is 0 Å². The molecular weight excluding hydrogens is 238 g/mol. The zero-order valence-electron chi connectivity index (χ0n) is 10.4. The zero-order valence-corrected chi connectivity index (χ0v) is 11.2. The summed E-state index contributed by atoms with van der Waals surface area (Å²) in [4.78, 5) is 0. The summed E-state index contributed by atoms with van der Waals surface area (Å²) in [6, 6.07) is 0. The van der Waals surface area contributed by atoms with Crippen molar-refractivity contribution in [3.05, 3.63) is 10.6 Å². The lowest BCUT2D eigenvalue weighted by Crippen LogP contribution is -2.42. The number of H-pyrrole nitrogens is 1. The Labute approximate surface area is 106 Å². The predicted molar refractivity (Wildman–Crippen MR) is 66.6 cm³/mol. The first-order valence-electron chi connectivity index (χ1n) is 5.89. The molecular formula is C11H19N3O2S. The lowest BCUT2D eigenvalue weighted by Gasteiger charge is -2.40. The Morgan fingerprint density at radius 2 is 2.24 bits per heavy atom. The van der Waals surface area contributed by atoms with Gasteiger partial charge in [-0.05, 0) is 31.5 Å². The second-order valence-corrected chi connectivity index (χ2v) is 4.89. The van der Waals surface area contributed by atoms with E-state index in [2.05, 4.69) is 10.2 Å². The van der Waals surface area contributed by atoms with Gasteiger partial charge in [0.05, 0.1) is 12.2 Å². The lowest BCUT2D eigenvalue weighted by molar-refractivity contribution is -0.0727. The standard InChI is InChI=1S/C11H19N3O2S/c1-15-7-6-14-9(12-13-10(14)17)8-11(16-2)4-3-5-11/h3-8H2,1-2H3,(H,13,17). The third-order valence-corrected chi connectivity index (χ3v) is 3.85. The fourth-order valence-corrected chi connectivity index (χ4v) is 2.45. The monoisotopic (exact) mass is 257 g/mol. The third-order valence-electron chi connectivity index (χ3n) is 3.53. The van der Waals surface area contributed by atoms with Gasteiger partial charge >= 0.3 is 0 Å². The molecule has 0 amide bonds. The van der Waals surface area contributed by atoms with Gasteiger partial charge in [-0.3, -0.25) is 5.10 Å². The first-order chi connectivity index (χ1) is 8.21. The quantitative estimate of drug-likeness (QED) is 0.788. The Balaban J connectivity index is 2.12. The van der Waals surface area contributed by atoms with Crippen molar-refractivity contribution < 1.29 is 9.47 Å². The van der Waals surface area contributed by atoms with Crippen LogP contribution < -0.4 is 0 Å². The average Bonchev–Trinajstić information content (AvgIpc) is 2.62. The van der Waals surface area contributed by atoms with E-state index in [-0.39, 0.29) is 5.60 Å². The smallest absolute Gasteiger partial charge is 0.195 e. The SMILES string of the molecule is COCCn1c(CC2(OC)CCC2)n[nH]c1=S. The summed E-state index contributed by atoms with van der Waals surface area (Å²) in [5.41, 5.74) is -0.0220. The highest BCUT2D eigenvalue weighted by Gasteiger charge is 2.38. The Morgan fingerprint density at radius 3 is 2.76 bits per heavy atom. The summed E-state index contributed by atoms with van der Waals surface area (Å²) in [6.45, 7) is 1.38. The van der Waals surface area contributed by atoms with Crippen LogP contribution in [-0.2, 0) is 22.4 Å². The fourth-order valence-electron chi connectivity index (χ4n) is 2.21. The van der Waals surface area contributed by atoms with Gasteiger partial charge in [0.15, 0.2) is 4.77 Å². The maximum Gasteiger partial charge on any atom is 0.195 e. The van der Waals surface area contributed by atoms with Crippen LogP contribution in [0.25, 0.3) is 0 Å². The zero-order chi connectivity index (χ0) is 12.3. The first kappa shape index (κ1) is 12.7. The molecule has 1 aliphatic carbocycles. The summed E-state index contributed by atoms with van der Waals surface area (Å²) in [5.74, 6) is 0.966. The van der Waals surface area contributed by atoms with Crippen LogP contribution in [0.1, 0.15) is 25.1 Å². The minimum Gasteiger partial charge on any atom is -0.383 e. The lowest BCUT2D eigenvalue weighted by atomic mass is 9.77. The van der Waals surface area contributed by atoms with Crippen molar-refractivity contribution >= 4 is 12.2 Å². The van der Waals surface area contributed by atoms with Gasteiger partial charge in [0.1, 0.15) is 5.82 Å². The molecule has 5 nitrogen and oxygen atoms in total. The van der Waals surface area contributed by atoms with E-state index >= 15 is 0 Å². The van der Waals surface area contributed by atoms with Crippen LogP contribution in [0.5, 0.6) is 0 Å². The molecule has 0 atom stereocenters. The largest absolute Gasteiger partial charge is 0.383 e. The van der Waals surface area contributed by atoms with Gasteiger partial charge in [0, 0.05) is 27.2 Å². The van der Waals surface area contributed by atoms with Crippen molar-refractivity contribution in [2.24, 2.45) is 0 Å². The molecule has 17 heavy (non-hydrogen) atoms. The molecule has 6 heteroatoms. The predicted octanol–water partition coefficient (Wildman–Crippen LogP) is 1.70. The Morgan fingerprint density at radius 1 is 1.47 bits per heavy atom. The molecule has 0 radical (unpaired) electrons. The Bertz CT molecular complexity index is 417. The van der Waals surface area contributed by atoms with Crippen molar-refractivity contribution in [2.45, 2.75) is 37.8 Å². The molecule has 0 bridgehead atoms. The molecule has 1 aromatic rings. The molecule has 1 fully saturated rings. The van der Waals surface area contributed by atoms with E-state index in [0.717, 1.165) is 31.6 Å². The second-order valence-electron chi connectivity index (χ2n) is 4.51. The normalized spacial score (nSPS) is 18.0. The molecule has 0 aromatic carbocycles. The summed E-state index contributed by atoms with van der Waals surface area (Å²) < 4.78 is 13.3. The van der Waals surface area contributed by atoms with Crippen molar-refractivity contribution in [2.75, 3.05) is 20.8 Å². The number of ether oxygens (including phenoxy) is 2. The number of methoxy groups -OCH3 is 2. The molecule has 96 valence electrons. The van der Waals surface area contributed by atoms with Gasteiger partial charge in [-0.1, -0.05) is 0 Å². The first-order valence-corrected chi connectivity index (χ1v) is 6.30. The fraction of sp³-hybridized carbons (Fsp3) is 0.818. The number of hydrogen-bond donors (Lipinski definition) is 1. The van der Waals surface area contributed by atoms with E-state index in [0.29, 0.717) is 11.4 Å². The number of aromatic nitrogens is 3. The minimum absolute atomic E-state index is 0.0220. The van der Waals surface area contributed by atoms with Gasteiger partial charge in [0.2, 0.25) is 0 Å². The number of rotatable bonds is 6. The molecule has 1 aromatic heterocycles. The number of hydrogen-bond acceptors (Lipinski definition) is 4. The molecule has 2 rings (SSSR count). The molecule has 1 aliphatic rings. The van der Waals surface area contributed by atoms with E-state index in [1.54, 1.807) is 14.2 Å². The van der Waals surface area contributed by atoms with Crippen LogP contribution in [0.4, 0.5) is 0 Å². The van der Waals surface area contributed by atoms with Gasteiger partial charge in [-0.25, -0.2) is 0 Å². The Kier molecular flexibility index (Phi) is 3.96. The number of nitrogens with one attached hydrogen (secondary N) is 1. The Hall–Kier alpha value is -0.720. The van der Waals surface area contributed by atoms with Crippen LogP contribution in [-0.4, -0.2) is 41.2 Å². The summed E-state index contributed by atoms with van der Waals surface area (Å²) in [7, 11) is 3.46. The molecule has 1 saturated carbocycles. The average molecular weight is 257 g/mol. The molecule has 0 saturated heterocycles. The van der Waals surface area contributed by atoms with Crippen LogP contribution >= 0.6 is 12.2 Å². The minimum atomic E-state index is -0.0220. The summed E-state index contributed by atoms with van der Waals surface area (Å²) in [6.07, 6.45) is 4.26. The van der Waals surface area contributed by atoms with Crippen molar-refractivity contribution in [1.29, 1.82) is 0 Å². The van der Waals surface area contributed by atoms with Crippen molar-refractivity contribution in [3.8, 4) is 0 Å². The molecule has 1 heterocycles. The van der Waals surface area contributed by atoms with Crippen LogP contribution in [0, 0.1) is 4.77 Å². The molecule has 0 aliphatic heterocycles. The van der Waals surface area contributed by atoms with Crippen molar-refractivity contribution in [1.82, 2.24) is 14.8 Å². The van der Waals surface area contributed by atoms with Crippen LogP contribution in [0.15, 0.2) is 0 Å². The number of aromatic amines is 1. The van der Waals surface area contributed by atoms with Crippen LogP contribution in [0.2, 0.25) is 0 Å². The van der Waals surface area contributed by atoms with Crippen molar-refractivity contribution in [3.63, 3.8) is 0 Å². The van der Waals surface area contributed by atoms with E-state index in [1.165, 1.54) is 6.42 Å².